The highest BCUT2D eigenvalue weighted by atomic mass is 19.1. The molecule has 2 aromatic carbocycles. The fourth-order valence-corrected chi connectivity index (χ4v) is 4.06. The van der Waals surface area contributed by atoms with Gasteiger partial charge in [-0.25, -0.2) is 4.39 Å². The van der Waals surface area contributed by atoms with E-state index in [4.69, 9.17) is 4.74 Å². The molecule has 148 valence electrons. The van der Waals surface area contributed by atoms with Crippen LogP contribution in [0.2, 0.25) is 0 Å². The van der Waals surface area contributed by atoms with Crippen LogP contribution in [0.1, 0.15) is 18.9 Å². The Kier molecular flexibility index (Phi) is 5.81. The van der Waals surface area contributed by atoms with Crippen LogP contribution in [-0.4, -0.2) is 49.2 Å². The van der Waals surface area contributed by atoms with Crippen LogP contribution in [0.5, 0.6) is 5.75 Å². The average molecular weight is 381 g/mol. The Bertz CT molecular complexity index is 915. The molecule has 0 aliphatic carbocycles. The number of halogens is 1. The first-order valence-electron chi connectivity index (χ1n) is 10.2. The summed E-state index contributed by atoms with van der Waals surface area (Å²) in [5.74, 6) is 0.807. The second-order valence-corrected chi connectivity index (χ2v) is 7.34. The van der Waals surface area contributed by atoms with E-state index in [-0.39, 0.29) is 5.82 Å². The van der Waals surface area contributed by atoms with Crippen molar-refractivity contribution in [3.63, 3.8) is 0 Å². The first kappa shape index (κ1) is 18.8. The Morgan fingerprint density at radius 1 is 1.07 bits per heavy atom. The predicted octanol–water partition coefficient (Wildman–Crippen LogP) is 4.46. The Balaban J connectivity index is 1.28. The molecular weight excluding hydrogens is 353 g/mol. The van der Waals surface area contributed by atoms with E-state index < -0.39 is 0 Å². The van der Waals surface area contributed by atoms with Gasteiger partial charge in [0.2, 0.25) is 0 Å². The van der Waals surface area contributed by atoms with Gasteiger partial charge in [-0.2, -0.15) is 0 Å². The lowest BCUT2D eigenvalue weighted by Gasteiger charge is -2.36. The summed E-state index contributed by atoms with van der Waals surface area (Å²) in [6.07, 6.45) is 4.07. The van der Waals surface area contributed by atoms with Crippen molar-refractivity contribution in [1.82, 2.24) is 9.88 Å². The van der Waals surface area contributed by atoms with Gasteiger partial charge in [-0.15, -0.1) is 0 Å². The molecule has 0 radical (unpaired) electrons. The van der Waals surface area contributed by atoms with Crippen molar-refractivity contribution in [2.24, 2.45) is 0 Å². The SMILES string of the molecule is CCOc1ccccc1N1CCN(CCCc2c[nH]c3ccc(F)cc23)CC1. The number of para-hydroxylation sites is 2. The van der Waals surface area contributed by atoms with Crippen molar-refractivity contribution in [1.29, 1.82) is 0 Å². The highest BCUT2D eigenvalue weighted by molar-refractivity contribution is 5.83. The largest absolute Gasteiger partial charge is 0.492 e. The van der Waals surface area contributed by atoms with Crippen LogP contribution in [0, 0.1) is 5.82 Å². The first-order chi connectivity index (χ1) is 13.7. The molecule has 1 saturated heterocycles. The van der Waals surface area contributed by atoms with Crippen LogP contribution in [0.15, 0.2) is 48.7 Å². The minimum Gasteiger partial charge on any atom is -0.492 e. The van der Waals surface area contributed by atoms with E-state index in [1.165, 1.54) is 17.3 Å². The number of nitrogens with zero attached hydrogens (tertiary/aromatic N) is 2. The molecule has 0 amide bonds. The highest BCUT2D eigenvalue weighted by Crippen LogP contribution is 2.29. The van der Waals surface area contributed by atoms with E-state index in [2.05, 4.69) is 33.0 Å². The van der Waals surface area contributed by atoms with Crippen LogP contribution in [0.25, 0.3) is 10.9 Å². The zero-order valence-electron chi connectivity index (χ0n) is 16.5. The molecule has 0 bridgehead atoms. The second kappa shape index (κ2) is 8.65. The Hall–Kier alpha value is -2.53. The van der Waals surface area contributed by atoms with Gasteiger partial charge in [-0.05, 0) is 62.2 Å². The van der Waals surface area contributed by atoms with Crippen LogP contribution < -0.4 is 9.64 Å². The van der Waals surface area contributed by atoms with Crippen LogP contribution in [0.4, 0.5) is 10.1 Å². The molecule has 0 spiro atoms. The lowest BCUT2D eigenvalue weighted by Crippen LogP contribution is -2.46. The zero-order valence-corrected chi connectivity index (χ0v) is 16.5. The number of benzene rings is 2. The summed E-state index contributed by atoms with van der Waals surface area (Å²) in [6, 6.07) is 13.3. The van der Waals surface area contributed by atoms with E-state index in [1.54, 1.807) is 6.07 Å². The first-order valence-corrected chi connectivity index (χ1v) is 10.2. The van der Waals surface area contributed by atoms with Gasteiger partial charge in [0, 0.05) is 43.3 Å². The normalized spacial score (nSPS) is 15.3. The molecule has 1 N–H and O–H groups in total. The maximum atomic E-state index is 13.5. The fraction of sp³-hybridized carbons (Fsp3) is 0.391. The highest BCUT2D eigenvalue weighted by Gasteiger charge is 2.19. The van der Waals surface area contributed by atoms with Gasteiger partial charge in [0.05, 0.1) is 12.3 Å². The quantitative estimate of drug-likeness (QED) is 0.656. The molecule has 1 aromatic heterocycles. The Morgan fingerprint density at radius 2 is 1.89 bits per heavy atom. The van der Waals surface area contributed by atoms with E-state index in [0.717, 1.165) is 62.2 Å². The number of anilines is 1. The molecule has 3 aromatic rings. The number of hydrogen-bond donors (Lipinski definition) is 1. The van der Waals surface area contributed by atoms with Crippen LogP contribution in [-0.2, 0) is 6.42 Å². The second-order valence-electron chi connectivity index (χ2n) is 7.34. The van der Waals surface area contributed by atoms with Gasteiger partial charge >= 0.3 is 0 Å². The van der Waals surface area contributed by atoms with Crippen molar-refractivity contribution in [3.05, 3.63) is 60.0 Å². The summed E-state index contributed by atoms with van der Waals surface area (Å²) < 4.78 is 19.3. The number of fused-ring (bicyclic) bond motifs is 1. The number of ether oxygens (including phenoxy) is 1. The molecule has 0 unspecified atom stereocenters. The molecule has 0 atom stereocenters. The summed E-state index contributed by atoms with van der Waals surface area (Å²) in [5.41, 5.74) is 3.42. The third-order valence-electron chi connectivity index (χ3n) is 5.53. The number of aryl methyl sites for hydroxylation is 1. The van der Waals surface area contributed by atoms with Crippen molar-refractivity contribution in [2.75, 3.05) is 44.2 Å². The van der Waals surface area contributed by atoms with Crippen molar-refractivity contribution < 1.29 is 9.13 Å². The standard InChI is InChI=1S/C23H28FN3O/c1-2-28-23-8-4-3-7-22(23)27-14-12-26(13-15-27)11-5-6-18-17-25-21-10-9-19(24)16-20(18)21/h3-4,7-10,16-17,25H,2,5-6,11-15H2,1H3. The molecule has 1 fully saturated rings. The molecule has 4 rings (SSSR count). The lowest BCUT2D eigenvalue weighted by molar-refractivity contribution is 0.254. The molecule has 28 heavy (non-hydrogen) atoms. The number of aromatic nitrogens is 1. The third-order valence-corrected chi connectivity index (χ3v) is 5.53. The van der Waals surface area contributed by atoms with Crippen molar-refractivity contribution in [3.8, 4) is 5.75 Å². The number of hydrogen-bond acceptors (Lipinski definition) is 3. The van der Waals surface area contributed by atoms with Gasteiger partial charge in [0.1, 0.15) is 11.6 Å². The Labute approximate surface area is 165 Å². The number of rotatable bonds is 7. The topological polar surface area (TPSA) is 31.5 Å². The van der Waals surface area contributed by atoms with Gasteiger partial charge in [0.25, 0.3) is 0 Å². The third kappa shape index (κ3) is 4.14. The summed E-state index contributed by atoms with van der Waals surface area (Å²) in [4.78, 5) is 8.19. The van der Waals surface area contributed by atoms with E-state index in [1.807, 2.05) is 25.3 Å². The molecule has 1 aliphatic heterocycles. The van der Waals surface area contributed by atoms with Crippen molar-refractivity contribution >= 4 is 16.6 Å². The molecule has 4 nitrogen and oxygen atoms in total. The minimum absolute atomic E-state index is 0.170. The molecular formula is C23H28FN3O. The average Bonchev–Trinajstić information content (AvgIpc) is 3.11. The van der Waals surface area contributed by atoms with Crippen LogP contribution >= 0.6 is 0 Å². The van der Waals surface area contributed by atoms with E-state index >= 15 is 0 Å². The minimum atomic E-state index is -0.170. The predicted molar refractivity (Wildman–Crippen MR) is 113 cm³/mol. The van der Waals surface area contributed by atoms with Gasteiger partial charge in [-0.3, -0.25) is 4.90 Å². The summed E-state index contributed by atoms with van der Waals surface area (Å²) in [6.45, 7) is 7.94. The van der Waals surface area contributed by atoms with E-state index in [0.29, 0.717) is 6.61 Å². The lowest BCUT2D eigenvalue weighted by atomic mass is 10.1. The molecule has 2 heterocycles. The van der Waals surface area contributed by atoms with Crippen molar-refractivity contribution in [2.45, 2.75) is 19.8 Å². The van der Waals surface area contributed by atoms with Gasteiger partial charge < -0.3 is 14.6 Å². The van der Waals surface area contributed by atoms with Crippen LogP contribution in [0.3, 0.4) is 0 Å². The van der Waals surface area contributed by atoms with E-state index in [9.17, 15) is 4.39 Å². The monoisotopic (exact) mass is 381 g/mol. The molecule has 1 aliphatic rings. The summed E-state index contributed by atoms with van der Waals surface area (Å²) in [5, 5.41) is 1.01. The summed E-state index contributed by atoms with van der Waals surface area (Å²) in [7, 11) is 0. The smallest absolute Gasteiger partial charge is 0.142 e. The number of nitrogens with one attached hydrogen (secondary N) is 1. The maximum Gasteiger partial charge on any atom is 0.142 e. The molecule has 5 heteroatoms. The molecule has 0 saturated carbocycles. The maximum absolute atomic E-state index is 13.5. The Morgan fingerprint density at radius 3 is 2.71 bits per heavy atom. The zero-order chi connectivity index (χ0) is 19.3. The summed E-state index contributed by atoms with van der Waals surface area (Å²) >= 11 is 0. The number of aromatic amines is 1. The number of H-pyrrole nitrogens is 1. The van der Waals surface area contributed by atoms with Gasteiger partial charge in [-0.1, -0.05) is 12.1 Å². The fourth-order valence-electron chi connectivity index (χ4n) is 4.06. The van der Waals surface area contributed by atoms with Gasteiger partial charge in [0.15, 0.2) is 0 Å². The number of piperazine rings is 1.